The van der Waals surface area contributed by atoms with Crippen LogP contribution in [0, 0.1) is 0 Å². The van der Waals surface area contributed by atoms with Crippen LogP contribution in [0.3, 0.4) is 0 Å². The highest BCUT2D eigenvalue weighted by molar-refractivity contribution is 5.69. The summed E-state index contributed by atoms with van der Waals surface area (Å²) in [5.41, 5.74) is 7.57. The molecule has 1 aliphatic rings. The highest BCUT2D eigenvalue weighted by atomic mass is 16.3. The molecule has 3 rings (SSSR count). The second-order valence-electron chi connectivity index (χ2n) is 4.17. The second-order valence-corrected chi connectivity index (χ2v) is 4.17. The quantitative estimate of drug-likeness (QED) is 0.853. The highest BCUT2D eigenvalue weighted by Crippen LogP contribution is 2.28. The third-order valence-electron chi connectivity index (χ3n) is 3.02. The van der Waals surface area contributed by atoms with Crippen molar-refractivity contribution in [3.8, 4) is 11.5 Å². The maximum atomic E-state index is 5.88. The number of nitrogens with two attached hydrogens (primary N) is 1. The smallest absolute Gasteiger partial charge is 0.169 e. The van der Waals surface area contributed by atoms with Crippen molar-refractivity contribution >= 4 is 11.5 Å². The molecular weight excluding hydrogens is 216 g/mol. The normalized spacial score (nSPS) is 15.4. The third-order valence-corrected chi connectivity index (χ3v) is 3.02. The Kier molecular flexibility index (Phi) is 2.44. The number of hydrogen-bond donors (Lipinski definition) is 1. The molecule has 0 aromatic carbocycles. The molecule has 1 aliphatic heterocycles. The van der Waals surface area contributed by atoms with Gasteiger partial charge in [0.1, 0.15) is 5.69 Å². The zero-order valence-electron chi connectivity index (χ0n) is 9.47. The van der Waals surface area contributed by atoms with E-state index in [9.17, 15) is 0 Å². The van der Waals surface area contributed by atoms with Crippen LogP contribution in [0.1, 0.15) is 12.8 Å². The van der Waals surface area contributed by atoms with Crippen LogP contribution in [0.25, 0.3) is 11.5 Å². The average molecular weight is 230 g/mol. The van der Waals surface area contributed by atoms with Crippen LogP contribution in [0.5, 0.6) is 0 Å². The van der Waals surface area contributed by atoms with Gasteiger partial charge >= 0.3 is 0 Å². The van der Waals surface area contributed by atoms with Gasteiger partial charge in [-0.15, -0.1) is 10.2 Å². The Hall–Kier alpha value is -2.04. The van der Waals surface area contributed by atoms with Crippen molar-refractivity contribution in [2.75, 3.05) is 23.7 Å². The topological polar surface area (TPSA) is 68.2 Å². The summed E-state index contributed by atoms with van der Waals surface area (Å²) in [4.78, 5) is 2.25. The zero-order chi connectivity index (χ0) is 11.7. The number of anilines is 2. The summed E-state index contributed by atoms with van der Waals surface area (Å²) in [5.74, 6) is 1.21. The number of rotatable bonds is 2. The van der Waals surface area contributed by atoms with Gasteiger partial charge in [-0.3, -0.25) is 0 Å². The van der Waals surface area contributed by atoms with E-state index in [-0.39, 0.29) is 0 Å². The molecule has 1 fully saturated rings. The summed E-state index contributed by atoms with van der Waals surface area (Å²) in [6.45, 7) is 2.07. The van der Waals surface area contributed by atoms with Gasteiger partial charge in [0.15, 0.2) is 11.6 Å². The first kappa shape index (κ1) is 10.1. The molecule has 2 aromatic rings. The van der Waals surface area contributed by atoms with Crippen LogP contribution < -0.4 is 10.6 Å². The number of nitrogen functional groups attached to an aromatic ring is 1. The highest BCUT2D eigenvalue weighted by Gasteiger charge is 2.17. The van der Waals surface area contributed by atoms with E-state index in [0.717, 1.165) is 30.2 Å². The van der Waals surface area contributed by atoms with Crippen LogP contribution in [0.15, 0.2) is 28.9 Å². The first-order valence-electron chi connectivity index (χ1n) is 5.76. The molecule has 2 N–H and O–H groups in total. The van der Waals surface area contributed by atoms with Crippen molar-refractivity contribution in [1.29, 1.82) is 0 Å². The van der Waals surface area contributed by atoms with Crippen molar-refractivity contribution in [3.05, 3.63) is 24.5 Å². The molecule has 17 heavy (non-hydrogen) atoms. The van der Waals surface area contributed by atoms with E-state index in [0.29, 0.717) is 5.82 Å². The third kappa shape index (κ3) is 1.84. The van der Waals surface area contributed by atoms with Crippen molar-refractivity contribution in [2.24, 2.45) is 0 Å². The SMILES string of the molecule is Nc1nnc(-c2ccco2)cc1N1CCCC1. The molecule has 0 unspecified atom stereocenters. The van der Waals surface area contributed by atoms with E-state index < -0.39 is 0 Å². The maximum absolute atomic E-state index is 5.88. The van der Waals surface area contributed by atoms with Crippen molar-refractivity contribution < 1.29 is 4.42 Å². The van der Waals surface area contributed by atoms with Crippen LogP contribution in [-0.2, 0) is 0 Å². The van der Waals surface area contributed by atoms with Crippen molar-refractivity contribution in [3.63, 3.8) is 0 Å². The summed E-state index contributed by atoms with van der Waals surface area (Å²) in [5, 5.41) is 8.06. The van der Waals surface area contributed by atoms with Gasteiger partial charge in [-0.2, -0.15) is 0 Å². The van der Waals surface area contributed by atoms with Crippen LogP contribution in [-0.4, -0.2) is 23.3 Å². The molecule has 1 saturated heterocycles. The van der Waals surface area contributed by atoms with Gasteiger partial charge in [-0.1, -0.05) is 0 Å². The number of nitrogens with zero attached hydrogens (tertiary/aromatic N) is 3. The van der Waals surface area contributed by atoms with Gasteiger partial charge in [0.05, 0.1) is 12.0 Å². The largest absolute Gasteiger partial charge is 0.463 e. The zero-order valence-corrected chi connectivity index (χ0v) is 9.47. The van der Waals surface area contributed by atoms with Gasteiger partial charge in [0, 0.05) is 13.1 Å². The Bertz CT molecular complexity index is 503. The fourth-order valence-electron chi connectivity index (χ4n) is 2.15. The van der Waals surface area contributed by atoms with E-state index in [4.69, 9.17) is 10.2 Å². The molecule has 88 valence electrons. The first-order valence-corrected chi connectivity index (χ1v) is 5.76. The Balaban J connectivity index is 2.00. The van der Waals surface area contributed by atoms with E-state index in [1.54, 1.807) is 6.26 Å². The molecule has 5 heteroatoms. The fourth-order valence-corrected chi connectivity index (χ4v) is 2.15. The van der Waals surface area contributed by atoms with Gasteiger partial charge < -0.3 is 15.1 Å². The molecule has 0 bridgehead atoms. The molecule has 3 heterocycles. The Labute approximate surface area is 99.2 Å². The molecule has 0 amide bonds. The average Bonchev–Trinajstić information content (AvgIpc) is 3.03. The molecule has 0 saturated carbocycles. The van der Waals surface area contributed by atoms with E-state index in [1.165, 1.54) is 12.8 Å². The predicted molar refractivity (Wildman–Crippen MR) is 65.6 cm³/mol. The van der Waals surface area contributed by atoms with Crippen molar-refractivity contribution in [2.45, 2.75) is 12.8 Å². The van der Waals surface area contributed by atoms with E-state index >= 15 is 0 Å². The molecule has 0 aliphatic carbocycles. The number of hydrogen-bond acceptors (Lipinski definition) is 5. The van der Waals surface area contributed by atoms with Gasteiger partial charge in [-0.25, -0.2) is 0 Å². The fraction of sp³-hybridized carbons (Fsp3) is 0.333. The molecule has 0 spiro atoms. The number of aromatic nitrogens is 2. The summed E-state index contributed by atoms with van der Waals surface area (Å²) in [6, 6.07) is 5.66. The van der Waals surface area contributed by atoms with Crippen molar-refractivity contribution in [1.82, 2.24) is 10.2 Å². The standard InChI is InChI=1S/C12H14N4O/c13-12-10(16-5-1-2-6-16)8-9(14-15-12)11-4-3-7-17-11/h3-4,7-8H,1-2,5-6H2,(H2,13,15). The lowest BCUT2D eigenvalue weighted by Gasteiger charge is -2.18. The van der Waals surface area contributed by atoms with Gasteiger partial charge in [0.2, 0.25) is 0 Å². The lowest BCUT2D eigenvalue weighted by molar-refractivity contribution is 0.579. The molecule has 0 atom stereocenters. The first-order chi connectivity index (χ1) is 8.34. The summed E-state index contributed by atoms with van der Waals surface area (Å²) < 4.78 is 5.32. The monoisotopic (exact) mass is 230 g/mol. The summed E-state index contributed by atoms with van der Waals surface area (Å²) in [7, 11) is 0. The summed E-state index contributed by atoms with van der Waals surface area (Å²) in [6.07, 6.45) is 4.04. The van der Waals surface area contributed by atoms with Gasteiger partial charge in [0.25, 0.3) is 0 Å². The molecule has 0 radical (unpaired) electrons. The number of furan rings is 1. The second kappa shape index (κ2) is 4.08. The van der Waals surface area contributed by atoms with E-state index in [2.05, 4.69) is 15.1 Å². The minimum Gasteiger partial charge on any atom is -0.463 e. The minimum absolute atomic E-state index is 0.488. The lowest BCUT2D eigenvalue weighted by Crippen LogP contribution is -2.20. The Morgan fingerprint density at radius 2 is 2.06 bits per heavy atom. The maximum Gasteiger partial charge on any atom is 0.169 e. The van der Waals surface area contributed by atoms with Crippen LogP contribution in [0.2, 0.25) is 0 Å². The van der Waals surface area contributed by atoms with Gasteiger partial charge in [-0.05, 0) is 31.0 Å². The Morgan fingerprint density at radius 3 is 2.76 bits per heavy atom. The molecule has 2 aromatic heterocycles. The Morgan fingerprint density at radius 1 is 1.24 bits per heavy atom. The van der Waals surface area contributed by atoms with Crippen LogP contribution >= 0.6 is 0 Å². The molecular formula is C12H14N4O. The minimum atomic E-state index is 0.488. The molecule has 5 nitrogen and oxygen atoms in total. The lowest BCUT2D eigenvalue weighted by atomic mass is 10.2. The van der Waals surface area contributed by atoms with E-state index in [1.807, 2.05) is 18.2 Å². The predicted octanol–water partition coefficient (Wildman–Crippen LogP) is 1.92. The van der Waals surface area contributed by atoms with Crippen LogP contribution in [0.4, 0.5) is 11.5 Å². The summed E-state index contributed by atoms with van der Waals surface area (Å²) >= 11 is 0.